The maximum Gasteiger partial charge on any atom is 0.302 e. The average molecular weight is 376 g/mol. The van der Waals surface area contributed by atoms with Crippen LogP contribution in [0.5, 0.6) is 5.75 Å². The molecule has 6 nitrogen and oxygen atoms in total. The van der Waals surface area contributed by atoms with Gasteiger partial charge in [-0.15, -0.1) is 0 Å². The van der Waals surface area contributed by atoms with Gasteiger partial charge in [-0.25, -0.2) is 0 Å². The number of carbonyl (C=O) groups excluding carboxylic acids is 1. The van der Waals surface area contributed by atoms with E-state index in [2.05, 4.69) is 18.1 Å². The third kappa shape index (κ3) is 5.31. The Balaban J connectivity index is 2.36. The van der Waals surface area contributed by atoms with Crippen LogP contribution in [0.1, 0.15) is 6.92 Å². The Morgan fingerprint density at radius 3 is 2.38 bits per heavy atom. The SMILES string of the molecule is COc1ccccc1N(Nc1ccccc1)C(OC)C(S)COC(C)=O. The van der Waals surface area contributed by atoms with E-state index in [-0.39, 0.29) is 12.6 Å². The molecule has 140 valence electrons. The molecule has 0 saturated heterocycles. The molecule has 0 heterocycles. The minimum Gasteiger partial charge on any atom is -0.495 e. The van der Waals surface area contributed by atoms with Gasteiger partial charge < -0.3 is 14.2 Å². The molecule has 0 radical (unpaired) electrons. The fourth-order valence-electron chi connectivity index (χ4n) is 2.46. The molecule has 1 N–H and O–H groups in total. The van der Waals surface area contributed by atoms with E-state index in [4.69, 9.17) is 14.2 Å². The van der Waals surface area contributed by atoms with Crippen molar-refractivity contribution in [3.8, 4) is 5.75 Å². The number of nitrogens with one attached hydrogen (secondary N) is 1. The van der Waals surface area contributed by atoms with E-state index in [1.165, 1.54) is 6.92 Å². The van der Waals surface area contributed by atoms with E-state index in [0.717, 1.165) is 11.4 Å². The second kappa shape index (κ2) is 9.94. The Kier molecular flexibility index (Phi) is 7.62. The zero-order chi connectivity index (χ0) is 18.9. The van der Waals surface area contributed by atoms with Crippen LogP contribution in [-0.2, 0) is 14.3 Å². The van der Waals surface area contributed by atoms with Crippen LogP contribution in [0, 0.1) is 0 Å². The summed E-state index contributed by atoms with van der Waals surface area (Å²) in [6.07, 6.45) is -0.533. The molecule has 26 heavy (non-hydrogen) atoms. The van der Waals surface area contributed by atoms with Gasteiger partial charge in [-0.05, 0) is 24.3 Å². The summed E-state index contributed by atoms with van der Waals surface area (Å²) in [6.45, 7) is 1.47. The smallest absolute Gasteiger partial charge is 0.302 e. The summed E-state index contributed by atoms with van der Waals surface area (Å²) in [6, 6.07) is 17.3. The van der Waals surface area contributed by atoms with Crippen LogP contribution >= 0.6 is 12.6 Å². The van der Waals surface area contributed by atoms with Gasteiger partial charge in [-0.1, -0.05) is 30.3 Å². The average Bonchev–Trinajstić information content (AvgIpc) is 2.67. The van der Waals surface area contributed by atoms with Gasteiger partial charge in [0, 0.05) is 14.0 Å². The number of esters is 1. The maximum absolute atomic E-state index is 11.1. The van der Waals surface area contributed by atoms with Crippen molar-refractivity contribution < 1.29 is 19.0 Å². The van der Waals surface area contributed by atoms with Gasteiger partial charge >= 0.3 is 5.97 Å². The standard InChI is InChI=1S/C19H24N2O4S/c1-14(22)25-13-18(26)19(24-3)21(20-15-9-5-4-6-10-15)16-11-7-8-12-17(16)23-2/h4-12,18-20,26H,13H2,1-3H3. The van der Waals surface area contributed by atoms with Crippen molar-refractivity contribution in [1.29, 1.82) is 0 Å². The molecule has 2 aromatic carbocycles. The molecular weight excluding hydrogens is 352 g/mol. The number of anilines is 2. The number of thiol groups is 1. The Hall–Kier alpha value is -2.38. The number of hydrogen-bond acceptors (Lipinski definition) is 7. The monoisotopic (exact) mass is 376 g/mol. The lowest BCUT2D eigenvalue weighted by Gasteiger charge is -2.36. The molecule has 0 aliphatic rings. The van der Waals surface area contributed by atoms with Crippen molar-refractivity contribution in [2.24, 2.45) is 0 Å². The summed E-state index contributed by atoms with van der Waals surface area (Å²) >= 11 is 4.57. The first-order valence-corrected chi connectivity index (χ1v) is 8.66. The fourth-order valence-corrected chi connectivity index (χ4v) is 2.79. The molecule has 0 bridgehead atoms. The van der Waals surface area contributed by atoms with E-state index in [1.54, 1.807) is 14.2 Å². The minimum atomic E-state index is -0.533. The van der Waals surface area contributed by atoms with Gasteiger partial charge in [0.05, 0.1) is 18.0 Å². The third-order valence-electron chi connectivity index (χ3n) is 3.65. The summed E-state index contributed by atoms with van der Waals surface area (Å²) in [5.74, 6) is 0.310. The van der Waals surface area contributed by atoms with Crippen LogP contribution in [0.2, 0.25) is 0 Å². The van der Waals surface area contributed by atoms with Crippen LogP contribution in [0.25, 0.3) is 0 Å². The van der Waals surface area contributed by atoms with E-state index in [0.29, 0.717) is 5.75 Å². The minimum absolute atomic E-state index is 0.110. The quantitative estimate of drug-likeness (QED) is 0.303. The number of ether oxygens (including phenoxy) is 3. The van der Waals surface area contributed by atoms with Crippen molar-refractivity contribution in [1.82, 2.24) is 0 Å². The predicted molar refractivity (Wildman–Crippen MR) is 106 cm³/mol. The molecule has 2 unspecified atom stereocenters. The second-order valence-electron chi connectivity index (χ2n) is 5.52. The molecule has 0 aliphatic heterocycles. The zero-order valence-corrected chi connectivity index (χ0v) is 16.0. The number of nitrogens with zero attached hydrogens (tertiary/aromatic N) is 1. The number of carbonyl (C=O) groups is 1. The normalized spacial score (nSPS) is 12.8. The Bertz CT molecular complexity index is 699. The Morgan fingerprint density at radius 1 is 1.12 bits per heavy atom. The highest BCUT2D eigenvalue weighted by Crippen LogP contribution is 2.31. The van der Waals surface area contributed by atoms with Gasteiger partial charge in [-0.3, -0.25) is 15.2 Å². The third-order valence-corrected chi connectivity index (χ3v) is 4.05. The van der Waals surface area contributed by atoms with Crippen LogP contribution < -0.4 is 15.2 Å². The number of rotatable bonds is 9. The molecule has 0 saturated carbocycles. The van der Waals surface area contributed by atoms with Crippen LogP contribution in [0.15, 0.2) is 54.6 Å². The van der Waals surface area contributed by atoms with Crippen molar-refractivity contribution in [2.75, 3.05) is 31.3 Å². The zero-order valence-electron chi connectivity index (χ0n) is 15.1. The summed E-state index contributed by atoms with van der Waals surface area (Å²) < 4.78 is 16.3. The highest BCUT2D eigenvalue weighted by atomic mass is 32.1. The van der Waals surface area contributed by atoms with Crippen molar-refractivity contribution in [3.63, 3.8) is 0 Å². The van der Waals surface area contributed by atoms with E-state index >= 15 is 0 Å². The van der Waals surface area contributed by atoms with Crippen LogP contribution in [0.3, 0.4) is 0 Å². The highest BCUT2D eigenvalue weighted by molar-refractivity contribution is 7.81. The molecule has 0 fully saturated rings. The Labute approximate surface area is 159 Å². The van der Waals surface area contributed by atoms with E-state index < -0.39 is 11.5 Å². The fraction of sp³-hybridized carbons (Fsp3) is 0.316. The molecule has 2 atom stereocenters. The van der Waals surface area contributed by atoms with Gasteiger partial charge in [0.15, 0.2) is 6.23 Å². The van der Waals surface area contributed by atoms with Gasteiger partial charge in [0.25, 0.3) is 0 Å². The molecule has 0 amide bonds. The van der Waals surface area contributed by atoms with Crippen LogP contribution in [-0.4, -0.2) is 38.3 Å². The lowest BCUT2D eigenvalue weighted by atomic mass is 10.2. The molecular formula is C19H24N2O4S. The summed E-state index contributed by atoms with van der Waals surface area (Å²) in [5, 5.41) is 1.42. The van der Waals surface area contributed by atoms with Crippen molar-refractivity contribution >= 4 is 30.0 Å². The number of benzene rings is 2. The Morgan fingerprint density at radius 2 is 1.77 bits per heavy atom. The molecule has 2 rings (SSSR count). The molecule has 0 aromatic heterocycles. The van der Waals surface area contributed by atoms with Crippen molar-refractivity contribution in [2.45, 2.75) is 18.4 Å². The topological polar surface area (TPSA) is 60.0 Å². The predicted octanol–water partition coefficient (Wildman–Crippen LogP) is 3.36. The van der Waals surface area contributed by atoms with E-state index in [1.807, 2.05) is 59.6 Å². The molecule has 7 heteroatoms. The lowest BCUT2D eigenvalue weighted by molar-refractivity contribution is -0.141. The maximum atomic E-state index is 11.1. The molecule has 0 aliphatic carbocycles. The van der Waals surface area contributed by atoms with Crippen molar-refractivity contribution in [3.05, 3.63) is 54.6 Å². The second-order valence-corrected chi connectivity index (χ2v) is 6.18. The first kappa shape index (κ1) is 19.9. The number of hydrogen-bond donors (Lipinski definition) is 2. The van der Waals surface area contributed by atoms with E-state index in [9.17, 15) is 4.79 Å². The van der Waals surface area contributed by atoms with Gasteiger partial charge in [0.1, 0.15) is 18.0 Å². The number of hydrazine groups is 1. The van der Waals surface area contributed by atoms with Gasteiger partial charge in [-0.2, -0.15) is 12.6 Å². The molecule has 2 aromatic rings. The van der Waals surface area contributed by atoms with Crippen LogP contribution in [0.4, 0.5) is 11.4 Å². The summed E-state index contributed by atoms with van der Waals surface area (Å²) in [4.78, 5) is 11.1. The van der Waals surface area contributed by atoms with Gasteiger partial charge in [0.2, 0.25) is 0 Å². The summed E-state index contributed by atoms with van der Waals surface area (Å²) in [5.41, 5.74) is 4.97. The summed E-state index contributed by atoms with van der Waals surface area (Å²) in [7, 11) is 3.19. The lowest BCUT2D eigenvalue weighted by Crippen LogP contribution is -2.48. The largest absolute Gasteiger partial charge is 0.495 e. The number of methoxy groups -OCH3 is 2. The first-order valence-electron chi connectivity index (χ1n) is 8.15. The first-order chi connectivity index (χ1) is 12.6. The molecule has 0 spiro atoms. The highest BCUT2D eigenvalue weighted by Gasteiger charge is 2.28. The number of para-hydroxylation sites is 3.